The van der Waals surface area contributed by atoms with Crippen molar-refractivity contribution in [3.05, 3.63) is 34.9 Å². The van der Waals surface area contributed by atoms with Gasteiger partial charge in [-0.1, -0.05) is 45.9 Å². The molecule has 0 saturated heterocycles. The molecule has 0 unspecified atom stereocenters. The minimum Gasteiger partial charge on any atom is -0.251 e. The van der Waals surface area contributed by atoms with E-state index in [2.05, 4.69) is 45.9 Å². The van der Waals surface area contributed by atoms with Crippen molar-refractivity contribution >= 4 is 0 Å². The number of alkyl halides is 1. The van der Waals surface area contributed by atoms with E-state index in [9.17, 15) is 4.39 Å². The molecule has 0 heterocycles. The first-order valence-electron chi connectivity index (χ1n) is 6.24. The molecule has 0 radical (unpaired) electrons. The largest absolute Gasteiger partial charge is 0.251 e. The Kier molecular flexibility index (Phi) is 4.98. The lowest BCUT2D eigenvalue weighted by molar-refractivity contribution is 0.473. The average Bonchev–Trinajstić information content (AvgIpc) is 2.25. The fraction of sp³-hybridized carbons (Fsp3) is 0.600. The van der Waals surface area contributed by atoms with Gasteiger partial charge in [-0.3, -0.25) is 4.39 Å². The first-order chi connectivity index (χ1) is 7.54. The summed E-state index contributed by atoms with van der Waals surface area (Å²) in [7, 11) is 0. The second-order valence-electron chi connectivity index (χ2n) is 5.11. The van der Waals surface area contributed by atoms with E-state index in [1.807, 2.05) is 0 Å². The van der Waals surface area contributed by atoms with Crippen LogP contribution in [0.5, 0.6) is 0 Å². The molecule has 0 aliphatic heterocycles. The van der Waals surface area contributed by atoms with Crippen LogP contribution in [-0.2, 0) is 6.42 Å². The Morgan fingerprint density at radius 3 is 1.81 bits per heavy atom. The summed E-state index contributed by atoms with van der Waals surface area (Å²) in [5.41, 5.74) is 4.03. The molecule has 0 spiro atoms. The fourth-order valence-electron chi connectivity index (χ4n) is 1.83. The second kappa shape index (κ2) is 6.03. The lowest BCUT2D eigenvalue weighted by Gasteiger charge is -2.14. The molecular weight excluding hydrogens is 199 g/mol. The third kappa shape index (κ3) is 3.62. The number of halogens is 1. The van der Waals surface area contributed by atoms with Crippen molar-refractivity contribution < 1.29 is 4.39 Å². The first-order valence-corrected chi connectivity index (χ1v) is 6.24. The van der Waals surface area contributed by atoms with Crippen LogP contribution in [0.4, 0.5) is 4.39 Å². The minimum absolute atomic E-state index is 0.219. The zero-order valence-electron chi connectivity index (χ0n) is 10.9. The monoisotopic (exact) mass is 222 g/mol. The minimum atomic E-state index is -0.219. The molecule has 1 aromatic carbocycles. The number of aryl methyl sites for hydroxylation is 1. The van der Waals surface area contributed by atoms with Gasteiger partial charge in [0.2, 0.25) is 0 Å². The number of hydrogen-bond acceptors (Lipinski definition) is 0. The molecule has 1 rings (SSSR count). The van der Waals surface area contributed by atoms with Crippen LogP contribution >= 0.6 is 0 Å². The Morgan fingerprint density at radius 2 is 1.44 bits per heavy atom. The Labute approximate surface area is 98.9 Å². The SMILES string of the molecule is CC(C)c1cc(CCCF)cc(C(C)C)c1. The number of hydrogen-bond donors (Lipinski definition) is 0. The van der Waals surface area contributed by atoms with Gasteiger partial charge >= 0.3 is 0 Å². The zero-order chi connectivity index (χ0) is 12.1. The predicted molar refractivity (Wildman–Crippen MR) is 68.9 cm³/mol. The van der Waals surface area contributed by atoms with Gasteiger partial charge in [-0.05, 0) is 41.4 Å². The molecule has 0 aromatic heterocycles. The number of benzene rings is 1. The first kappa shape index (κ1) is 13.2. The highest BCUT2D eigenvalue weighted by molar-refractivity contribution is 5.33. The quantitative estimate of drug-likeness (QED) is 0.669. The molecule has 1 aromatic rings. The van der Waals surface area contributed by atoms with E-state index in [0.717, 1.165) is 6.42 Å². The van der Waals surface area contributed by atoms with Gasteiger partial charge in [0.15, 0.2) is 0 Å². The summed E-state index contributed by atoms with van der Waals surface area (Å²) >= 11 is 0. The highest BCUT2D eigenvalue weighted by atomic mass is 19.1. The molecule has 0 amide bonds. The molecule has 0 bridgehead atoms. The van der Waals surface area contributed by atoms with Crippen LogP contribution in [0, 0.1) is 0 Å². The molecule has 0 nitrogen and oxygen atoms in total. The predicted octanol–water partition coefficient (Wildman–Crippen LogP) is 4.84. The van der Waals surface area contributed by atoms with E-state index in [0.29, 0.717) is 18.3 Å². The van der Waals surface area contributed by atoms with Gasteiger partial charge in [-0.25, -0.2) is 0 Å². The highest BCUT2D eigenvalue weighted by Crippen LogP contribution is 2.24. The van der Waals surface area contributed by atoms with Crippen molar-refractivity contribution in [3.8, 4) is 0 Å². The lowest BCUT2D eigenvalue weighted by atomic mass is 9.92. The molecule has 0 saturated carbocycles. The second-order valence-corrected chi connectivity index (χ2v) is 5.11. The molecule has 0 aliphatic carbocycles. The molecule has 0 aliphatic rings. The summed E-state index contributed by atoms with van der Waals surface area (Å²) in [6.07, 6.45) is 1.50. The van der Waals surface area contributed by atoms with Crippen molar-refractivity contribution in [1.29, 1.82) is 0 Å². The Bertz CT molecular complexity index is 300. The van der Waals surface area contributed by atoms with Crippen LogP contribution in [0.15, 0.2) is 18.2 Å². The van der Waals surface area contributed by atoms with Crippen LogP contribution in [0.2, 0.25) is 0 Å². The smallest absolute Gasteiger partial charge is 0.0897 e. The molecule has 0 fully saturated rings. The summed E-state index contributed by atoms with van der Waals surface area (Å²) in [5, 5.41) is 0. The van der Waals surface area contributed by atoms with Crippen molar-refractivity contribution in [2.45, 2.75) is 52.4 Å². The fourth-order valence-corrected chi connectivity index (χ4v) is 1.83. The van der Waals surface area contributed by atoms with Gasteiger partial charge in [0.1, 0.15) is 0 Å². The Balaban J connectivity index is 2.99. The van der Waals surface area contributed by atoms with Gasteiger partial charge in [0.05, 0.1) is 6.67 Å². The molecule has 16 heavy (non-hydrogen) atoms. The maximum Gasteiger partial charge on any atom is 0.0897 e. The Hall–Kier alpha value is -0.850. The van der Waals surface area contributed by atoms with E-state index in [-0.39, 0.29) is 6.67 Å². The summed E-state index contributed by atoms with van der Waals surface area (Å²) < 4.78 is 12.2. The van der Waals surface area contributed by atoms with Gasteiger partial charge in [-0.15, -0.1) is 0 Å². The normalized spacial score (nSPS) is 11.4. The standard InChI is InChI=1S/C15H23F/c1-11(2)14-8-13(6-5-7-16)9-15(10-14)12(3)4/h8-12H,5-7H2,1-4H3. The van der Waals surface area contributed by atoms with E-state index < -0.39 is 0 Å². The van der Waals surface area contributed by atoms with E-state index >= 15 is 0 Å². The van der Waals surface area contributed by atoms with Gasteiger partial charge < -0.3 is 0 Å². The average molecular weight is 222 g/mol. The highest BCUT2D eigenvalue weighted by Gasteiger charge is 2.07. The van der Waals surface area contributed by atoms with Crippen LogP contribution in [0.1, 0.15) is 62.6 Å². The van der Waals surface area contributed by atoms with Crippen molar-refractivity contribution in [3.63, 3.8) is 0 Å². The number of rotatable bonds is 5. The molecule has 0 atom stereocenters. The van der Waals surface area contributed by atoms with Crippen molar-refractivity contribution in [2.75, 3.05) is 6.67 Å². The van der Waals surface area contributed by atoms with Crippen LogP contribution in [-0.4, -0.2) is 6.67 Å². The summed E-state index contributed by atoms with van der Waals surface area (Å²) in [6, 6.07) is 6.74. The van der Waals surface area contributed by atoms with Crippen LogP contribution < -0.4 is 0 Å². The maximum absolute atomic E-state index is 12.2. The van der Waals surface area contributed by atoms with Crippen LogP contribution in [0.3, 0.4) is 0 Å². The summed E-state index contributed by atoms with van der Waals surface area (Å²) in [4.78, 5) is 0. The van der Waals surface area contributed by atoms with E-state index in [4.69, 9.17) is 0 Å². The van der Waals surface area contributed by atoms with E-state index in [1.54, 1.807) is 0 Å². The van der Waals surface area contributed by atoms with Gasteiger partial charge in [0, 0.05) is 0 Å². The van der Waals surface area contributed by atoms with Crippen molar-refractivity contribution in [2.24, 2.45) is 0 Å². The third-order valence-electron chi connectivity index (χ3n) is 2.97. The Morgan fingerprint density at radius 1 is 0.938 bits per heavy atom. The summed E-state index contributed by atoms with van der Waals surface area (Å²) in [6.45, 7) is 8.61. The molecular formula is C15H23F. The molecule has 0 N–H and O–H groups in total. The van der Waals surface area contributed by atoms with Gasteiger partial charge in [-0.2, -0.15) is 0 Å². The third-order valence-corrected chi connectivity index (χ3v) is 2.97. The zero-order valence-corrected chi connectivity index (χ0v) is 10.9. The van der Waals surface area contributed by atoms with E-state index in [1.165, 1.54) is 16.7 Å². The maximum atomic E-state index is 12.2. The molecule has 90 valence electrons. The topological polar surface area (TPSA) is 0 Å². The summed E-state index contributed by atoms with van der Waals surface area (Å²) in [5.74, 6) is 1.09. The molecule has 1 heteroatoms. The van der Waals surface area contributed by atoms with Crippen molar-refractivity contribution in [1.82, 2.24) is 0 Å². The lowest BCUT2D eigenvalue weighted by Crippen LogP contribution is -1.97. The van der Waals surface area contributed by atoms with Gasteiger partial charge in [0.25, 0.3) is 0 Å². The van der Waals surface area contributed by atoms with Crippen LogP contribution in [0.25, 0.3) is 0 Å².